The van der Waals surface area contributed by atoms with Crippen LogP contribution in [-0.4, -0.2) is 22.4 Å². The molecule has 33 heavy (non-hydrogen) atoms. The highest BCUT2D eigenvalue weighted by atomic mass is 19.1. The van der Waals surface area contributed by atoms with Gasteiger partial charge in [0.25, 0.3) is 11.8 Å². The molecular weight excluding hydrogens is 421 g/mol. The number of carbonyl (C=O) groups excluding carboxylic acids is 3. The maximum atomic E-state index is 14.3. The van der Waals surface area contributed by atoms with E-state index in [-0.39, 0.29) is 11.3 Å². The van der Waals surface area contributed by atoms with Crippen molar-refractivity contribution in [2.45, 2.75) is 34.1 Å². The molecule has 0 unspecified atom stereocenters. The van der Waals surface area contributed by atoms with Gasteiger partial charge in [-0.2, -0.15) is 0 Å². The van der Waals surface area contributed by atoms with Crippen LogP contribution in [0.25, 0.3) is 11.8 Å². The third kappa shape index (κ3) is 3.75. The average Bonchev–Trinajstić information content (AvgIpc) is 3.05. The summed E-state index contributed by atoms with van der Waals surface area (Å²) in [5.41, 5.74) is 5.36. The number of nitrogens with zero attached hydrogens (tertiary/aromatic N) is 2. The molecule has 7 heteroatoms. The second-order valence-electron chi connectivity index (χ2n) is 8.01. The number of urea groups is 1. The van der Waals surface area contributed by atoms with E-state index < -0.39 is 23.7 Å². The molecule has 1 aliphatic rings. The van der Waals surface area contributed by atoms with Crippen molar-refractivity contribution in [3.63, 3.8) is 0 Å². The number of halogens is 1. The van der Waals surface area contributed by atoms with Gasteiger partial charge in [-0.15, -0.1) is 0 Å². The number of nitrogens with one attached hydrogen (secondary N) is 1. The number of imide groups is 2. The molecule has 1 aromatic heterocycles. The van der Waals surface area contributed by atoms with Gasteiger partial charge >= 0.3 is 6.03 Å². The van der Waals surface area contributed by atoms with Crippen LogP contribution in [0, 0.1) is 26.6 Å². The van der Waals surface area contributed by atoms with E-state index in [1.54, 1.807) is 0 Å². The van der Waals surface area contributed by atoms with E-state index in [4.69, 9.17) is 0 Å². The van der Waals surface area contributed by atoms with Crippen LogP contribution in [-0.2, 0) is 16.0 Å². The standard InChI is InChI=1S/C26H24FN3O3/c1-5-18-10-8-9-15(2)23(18)29-16(3)13-19(17(29)4)14-20-24(31)28-26(33)30(25(20)32)22-12-7-6-11-21(22)27/h6-14H,5H2,1-4H3,(H,28,31,33)/b20-14+. The minimum atomic E-state index is -0.981. The molecule has 6 nitrogen and oxygen atoms in total. The third-order valence-electron chi connectivity index (χ3n) is 5.89. The number of anilines is 1. The van der Waals surface area contributed by atoms with Crippen molar-refractivity contribution in [2.24, 2.45) is 0 Å². The smallest absolute Gasteiger partial charge is 0.317 e. The summed E-state index contributed by atoms with van der Waals surface area (Å²) < 4.78 is 16.4. The fourth-order valence-electron chi connectivity index (χ4n) is 4.27. The van der Waals surface area contributed by atoms with Crippen molar-refractivity contribution in [3.8, 4) is 5.69 Å². The molecule has 4 rings (SSSR count). The van der Waals surface area contributed by atoms with Gasteiger partial charge in [0.05, 0.1) is 11.4 Å². The van der Waals surface area contributed by atoms with Gasteiger partial charge in [0.1, 0.15) is 11.4 Å². The fourth-order valence-corrected chi connectivity index (χ4v) is 4.27. The Balaban J connectivity index is 1.82. The zero-order valence-electron chi connectivity index (χ0n) is 18.9. The maximum Gasteiger partial charge on any atom is 0.336 e. The van der Waals surface area contributed by atoms with Crippen molar-refractivity contribution >= 4 is 29.6 Å². The van der Waals surface area contributed by atoms with E-state index in [0.29, 0.717) is 10.5 Å². The first kappa shape index (κ1) is 22.2. The van der Waals surface area contributed by atoms with Gasteiger partial charge in [-0.25, -0.2) is 14.1 Å². The lowest BCUT2D eigenvalue weighted by Crippen LogP contribution is -2.54. The zero-order valence-corrected chi connectivity index (χ0v) is 18.9. The van der Waals surface area contributed by atoms with E-state index in [2.05, 4.69) is 22.9 Å². The van der Waals surface area contributed by atoms with E-state index in [1.807, 2.05) is 39.0 Å². The molecule has 4 amide bonds. The summed E-state index contributed by atoms with van der Waals surface area (Å²) in [5.74, 6) is -2.42. The SMILES string of the molecule is CCc1cccc(C)c1-n1c(C)cc(/C=C2\C(=O)NC(=O)N(c3ccccc3F)C2=O)c1C. The zero-order chi connectivity index (χ0) is 23.9. The molecule has 0 atom stereocenters. The predicted molar refractivity (Wildman–Crippen MR) is 125 cm³/mol. The number of hydrogen-bond acceptors (Lipinski definition) is 3. The summed E-state index contributed by atoms with van der Waals surface area (Å²) in [5, 5.41) is 2.14. The molecule has 1 fully saturated rings. The van der Waals surface area contributed by atoms with Gasteiger partial charge in [0.15, 0.2) is 0 Å². The normalized spacial score (nSPS) is 15.4. The van der Waals surface area contributed by atoms with Gasteiger partial charge in [0.2, 0.25) is 0 Å². The topological polar surface area (TPSA) is 71.4 Å². The van der Waals surface area contributed by atoms with Gasteiger partial charge in [-0.3, -0.25) is 14.9 Å². The van der Waals surface area contributed by atoms with Crippen LogP contribution in [0.2, 0.25) is 0 Å². The Morgan fingerprint density at radius 2 is 1.73 bits per heavy atom. The van der Waals surface area contributed by atoms with Crippen LogP contribution < -0.4 is 10.2 Å². The molecule has 0 radical (unpaired) electrons. The first-order valence-electron chi connectivity index (χ1n) is 10.7. The number of para-hydroxylation sites is 2. The highest BCUT2D eigenvalue weighted by molar-refractivity contribution is 6.39. The van der Waals surface area contributed by atoms with Crippen LogP contribution in [0.1, 0.15) is 35.0 Å². The number of barbiturate groups is 1. The van der Waals surface area contributed by atoms with Gasteiger partial charge in [0, 0.05) is 11.4 Å². The number of amides is 4. The number of aryl methyl sites for hydroxylation is 3. The molecular formula is C26H24FN3O3. The van der Waals surface area contributed by atoms with Crippen molar-refractivity contribution in [1.82, 2.24) is 9.88 Å². The molecule has 168 valence electrons. The van der Waals surface area contributed by atoms with Crippen LogP contribution in [0.4, 0.5) is 14.9 Å². The number of hydrogen-bond donors (Lipinski definition) is 1. The van der Waals surface area contributed by atoms with E-state index in [0.717, 1.165) is 35.1 Å². The highest BCUT2D eigenvalue weighted by Gasteiger charge is 2.38. The molecule has 3 aromatic rings. The van der Waals surface area contributed by atoms with Gasteiger partial charge in [-0.1, -0.05) is 37.3 Å². The highest BCUT2D eigenvalue weighted by Crippen LogP contribution is 2.29. The Labute approximate surface area is 191 Å². The summed E-state index contributed by atoms with van der Waals surface area (Å²) in [6, 6.07) is 12.5. The quantitative estimate of drug-likeness (QED) is 0.465. The number of carbonyl (C=O) groups is 3. The van der Waals surface area contributed by atoms with Crippen molar-refractivity contribution in [1.29, 1.82) is 0 Å². The maximum absolute atomic E-state index is 14.3. The summed E-state index contributed by atoms with van der Waals surface area (Å²) in [6.07, 6.45) is 2.31. The van der Waals surface area contributed by atoms with Crippen molar-refractivity contribution in [3.05, 3.63) is 88.0 Å². The monoisotopic (exact) mass is 445 g/mol. The molecule has 2 heterocycles. The molecule has 0 bridgehead atoms. The Bertz CT molecular complexity index is 1340. The van der Waals surface area contributed by atoms with E-state index >= 15 is 0 Å². The number of benzene rings is 2. The lowest BCUT2D eigenvalue weighted by Gasteiger charge is -2.26. The fraction of sp³-hybridized carbons (Fsp3) is 0.192. The molecule has 0 saturated carbocycles. The lowest BCUT2D eigenvalue weighted by molar-refractivity contribution is -0.122. The molecule has 2 aromatic carbocycles. The minimum Gasteiger partial charge on any atom is -0.317 e. The van der Waals surface area contributed by atoms with Crippen LogP contribution in [0.15, 0.2) is 54.1 Å². The van der Waals surface area contributed by atoms with Crippen molar-refractivity contribution < 1.29 is 18.8 Å². The molecule has 0 spiro atoms. The van der Waals surface area contributed by atoms with Crippen LogP contribution in [0.3, 0.4) is 0 Å². The summed E-state index contributed by atoms with van der Waals surface area (Å²) >= 11 is 0. The second-order valence-corrected chi connectivity index (χ2v) is 8.01. The Kier molecular flexibility index (Phi) is 5.72. The van der Waals surface area contributed by atoms with E-state index in [9.17, 15) is 18.8 Å². The summed E-state index contributed by atoms with van der Waals surface area (Å²) in [4.78, 5) is 38.7. The average molecular weight is 445 g/mol. The number of aromatic nitrogens is 1. The summed E-state index contributed by atoms with van der Waals surface area (Å²) in [6.45, 7) is 8.01. The summed E-state index contributed by atoms with van der Waals surface area (Å²) in [7, 11) is 0. The first-order valence-corrected chi connectivity index (χ1v) is 10.7. The third-order valence-corrected chi connectivity index (χ3v) is 5.89. The first-order chi connectivity index (χ1) is 15.7. The number of rotatable bonds is 4. The predicted octanol–water partition coefficient (Wildman–Crippen LogP) is 4.77. The molecule has 0 aliphatic carbocycles. The molecule has 1 aliphatic heterocycles. The Hall–Kier alpha value is -4.00. The molecule has 1 N–H and O–H groups in total. The largest absolute Gasteiger partial charge is 0.336 e. The van der Waals surface area contributed by atoms with Crippen molar-refractivity contribution in [2.75, 3.05) is 4.90 Å². The lowest BCUT2D eigenvalue weighted by atomic mass is 10.0. The van der Waals surface area contributed by atoms with Crippen LogP contribution in [0.5, 0.6) is 0 Å². The van der Waals surface area contributed by atoms with Gasteiger partial charge in [-0.05, 0) is 68.2 Å². The Morgan fingerprint density at radius 1 is 1.00 bits per heavy atom. The molecule has 1 saturated heterocycles. The second kappa shape index (κ2) is 8.50. The Morgan fingerprint density at radius 3 is 2.42 bits per heavy atom. The minimum absolute atomic E-state index is 0.212. The van der Waals surface area contributed by atoms with E-state index in [1.165, 1.54) is 29.8 Å². The van der Waals surface area contributed by atoms with Crippen LogP contribution >= 0.6 is 0 Å². The van der Waals surface area contributed by atoms with Gasteiger partial charge < -0.3 is 4.57 Å².